The molecule has 0 aliphatic heterocycles. The van der Waals surface area contributed by atoms with Gasteiger partial charge in [-0.1, -0.05) is 109 Å². The van der Waals surface area contributed by atoms with E-state index in [1.165, 1.54) is 48.0 Å². The van der Waals surface area contributed by atoms with Crippen LogP contribution in [0.25, 0.3) is 98.5 Å². The van der Waals surface area contributed by atoms with Crippen molar-refractivity contribution in [3.8, 4) is 56.4 Å². The maximum atomic E-state index is 6.48. The highest BCUT2D eigenvalue weighted by atomic mass is 32.1. The molecular weight excluding hydrogens is 655 g/mol. The number of fused-ring (bicyclic) bond motifs is 9. The number of benzene rings is 7. The van der Waals surface area contributed by atoms with Crippen LogP contribution in [-0.4, -0.2) is 15.0 Å². The Morgan fingerprint density at radius 1 is 0.404 bits per heavy atom. The number of hydrogen-bond donors (Lipinski definition) is 0. The Morgan fingerprint density at radius 3 is 1.98 bits per heavy atom. The zero-order chi connectivity index (χ0) is 34.2. The third-order valence-electron chi connectivity index (χ3n) is 10.5. The van der Waals surface area contributed by atoms with Crippen LogP contribution in [0.5, 0.6) is 0 Å². The number of aryl methyl sites for hydroxylation is 2. The highest BCUT2D eigenvalue weighted by Gasteiger charge is 2.21. The lowest BCUT2D eigenvalue weighted by Crippen LogP contribution is -2.05. The second-order valence-electron chi connectivity index (χ2n) is 13.5. The smallest absolute Gasteiger partial charge is 0.164 e. The minimum absolute atomic E-state index is 0.617. The number of nitrogens with zero attached hydrogens (tertiary/aromatic N) is 3. The molecule has 0 amide bonds. The van der Waals surface area contributed by atoms with Gasteiger partial charge in [0, 0.05) is 47.6 Å². The highest BCUT2D eigenvalue weighted by Crippen LogP contribution is 2.41. The van der Waals surface area contributed by atoms with Gasteiger partial charge in [0.25, 0.3) is 0 Å². The molecule has 52 heavy (non-hydrogen) atoms. The average molecular weight is 684 g/mol. The second kappa shape index (κ2) is 11.6. The van der Waals surface area contributed by atoms with Gasteiger partial charge in [0.15, 0.2) is 17.5 Å². The van der Waals surface area contributed by atoms with Crippen LogP contribution in [-0.2, 0) is 12.8 Å². The molecule has 0 N–H and O–H groups in total. The number of hydrogen-bond acceptors (Lipinski definition) is 5. The fourth-order valence-electron chi connectivity index (χ4n) is 7.89. The molecule has 4 nitrogen and oxygen atoms in total. The monoisotopic (exact) mass is 683 g/mol. The van der Waals surface area contributed by atoms with Crippen LogP contribution in [0.2, 0.25) is 0 Å². The summed E-state index contributed by atoms with van der Waals surface area (Å²) >= 11 is 1.84. The second-order valence-corrected chi connectivity index (χ2v) is 14.6. The van der Waals surface area contributed by atoms with Gasteiger partial charge in [-0.25, -0.2) is 15.0 Å². The number of aromatic nitrogens is 3. The van der Waals surface area contributed by atoms with Crippen molar-refractivity contribution in [3.05, 3.63) is 163 Å². The SMILES string of the molecule is c1ccc(-c2nc(-c3ccc4c(c3)-c3ccccc3CC4)nc(-c3cccc4oc5ccc(-c6ccc7sc8ccccc8c7c6)cc5c34)n2)cc1. The molecule has 244 valence electrons. The molecular formula is C47H29N3OS. The van der Waals surface area contributed by atoms with Crippen molar-refractivity contribution in [2.75, 3.05) is 0 Å². The van der Waals surface area contributed by atoms with Crippen LogP contribution in [0, 0.1) is 0 Å². The minimum Gasteiger partial charge on any atom is -0.456 e. The van der Waals surface area contributed by atoms with Crippen LogP contribution in [0.3, 0.4) is 0 Å². The molecule has 0 fully saturated rings. The Hall–Kier alpha value is -6.43. The molecule has 0 bridgehead atoms. The van der Waals surface area contributed by atoms with Crippen molar-refractivity contribution in [1.82, 2.24) is 15.0 Å². The van der Waals surface area contributed by atoms with Crippen molar-refractivity contribution in [3.63, 3.8) is 0 Å². The van der Waals surface area contributed by atoms with Gasteiger partial charge in [-0.05, 0) is 88.7 Å². The van der Waals surface area contributed by atoms with Crippen LogP contribution in [0.15, 0.2) is 156 Å². The van der Waals surface area contributed by atoms with Crippen LogP contribution in [0.4, 0.5) is 0 Å². The molecule has 0 saturated carbocycles. The summed E-state index contributed by atoms with van der Waals surface area (Å²) in [5.41, 5.74) is 12.1. The van der Waals surface area contributed by atoms with E-state index in [9.17, 15) is 0 Å². The number of rotatable bonds is 4. The van der Waals surface area contributed by atoms with E-state index in [0.717, 1.165) is 57.0 Å². The lowest BCUT2D eigenvalue weighted by Gasteiger charge is -2.20. The Labute approximate surface area is 303 Å². The van der Waals surface area contributed by atoms with Crippen molar-refractivity contribution < 1.29 is 4.42 Å². The molecule has 0 saturated heterocycles. The first-order chi connectivity index (χ1) is 25.7. The highest BCUT2D eigenvalue weighted by molar-refractivity contribution is 7.25. The van der Waals surface area contributed by atoms with Gasteiger partial charge in [0.05, 0.1) is 0 Å². The van der Waals surface area contributed by atoms with E-state index in [1.54, 1.807) is 0 Å². The molecule has 11 rings (SSSR count). The third kappa shape index (κ3) is 4.70. The maximum absolute atomic E-state index is 6.48. The van der Waals surface area contributed by atoms with Crippen LogP contribution >= 0.6 is 11.3 Å². The molecule has 7 aromatic carbocycles. The summed E-state index contributed by atoms with van der Waals surface area (Å²) in [5, 5.41) is 4.61. The van der Waals surface area contributed by atoms with Gasteiger partial charge in [0.1, 0.15) is 11.2 Å². The summed E-state index contributed by atoms with van der Waals surface area (Å²) < 4.78 is 9.08. The van der Waals surface area contributed by atoms with E-state index in [2.05, 4.69) is 121 Å². The van der Waals surface area contributed by atoms with Gasteiger partial charge in [-0.2, -0.15) is 0 Å². The fraction of sp³-hybridized carbons (Fsp3) is 0.0426. The number of furan rings is 1. The van der Waals surface area contributed by atoms with Crippen molar-refractivity contribution in [1.29, 1.82) is 0 Å². The Kier molecular flexibility index (Phi) is 6.51. The van der Waals surface area contributed by atoms with E-state index in [4.69, 9.17) is 19.4 Å². The van der Waals surface area contributed by atoms with Gasteiger partial charge in [0.2, 0.25) is 0 Å². The summed E-state index contributed by atoms with van der Waals surface area (Å²) in [5.74, 6) is 1.91. The van der Waals surface area contributed by atoms with E-state index >= 15 is 0 Å². The van der Waals surface area contributed by atoms with E-state index < -0.39 is 0 Å². The standard InChI is InChI=1S/C47H29N3OS/c1-2-10-30(11-3-1)45-48-46(33-20-19-29-18-17-28-9-4-5-12-34(28)37(29)27-33)50-47(49-45)36-14-8-15-41-44(36)39-26-31(21-23-40(39)51-41)32-22-24-43-38(25-32)35-13-6-7-16-42(35)52-43/h1-16,19-27H,17-18H2. The Balaban J connectivity index is 1.10. The Bertz CT molecular complexity index is 3030. The van der Waals surface area contributed by atoms with E-state index in [-0.39, 0.29) is 0 Å². The van der Waals surface area contributed by atoms with Crippen LogP contribution < -0.4 is 0 Å². The summed E-state index contributed by atoms with van der Waals surface area (Å²) in [4.78, 5) is 15.4. The van der Waals surface area contributed by atoms with Gasteiger partial charge < -0.3 is 4.42 Å². The normalized spacial score (nSPS) is 12.5. The molecule has 1 aliphatic carbocycles. The molecule has 0 spiro atoms. The first-order valence-electron chi connectivity index (χ1n) is 17.6. The fourth-order valence-corrected chi connectivity index (χ4v) is 8.98. The molecule has 3 aromatic heterocycles. The third-order valence-corrected chi connectivity index (χ3v) is 11.6. The van der Waals surface area contributed by atoms with Crippen LogP contribution in [0.1, 0.15) is 11.1 Å². The zero-order valence-corrected chi connectivity index (χ0v) is 28.8. The van der Waals surface area contributed by atoms with E-state index in [1.807, 2.05) is 41.7 Å². The largest absolute Gasteiger partial charge is 0.456 e. The summed E-state index contributed by atoms with van der Waals surface area (Å²) in [6.45, 7) is 0. The molecule has 10 aromatic rings. The van der Waals surface area contributed by atoms with Gasteiger partial charge >= 0.3 is 0 Å². The quantitative estimate of drug-likeness (QED) is 0.185. The van der Waals surface area contributed by atoms with Crippen molar-refractivity contribution in [2.45, 2.75) is 12.8 Å². The minimum atomic E-state index is 0.617. The molecule has 0 atom stereocenters. The predicted molar refractivity (Wildman–Crippen MR) is 215 cm³/mol. The average Bonchev–Trinajstić information content (AvgIpc) is 3.78. The predicted octanol–water partition coefficient (Wildman–Crippen LogP) is 12.6. The molecule has 1 aliphatic rings. The lowest BCUT2D eigenvalue weighted by atomic mass is 9.85. The lowest BCUT2D eigenvalue weighted by molar-refractivity contribution is 0.669. The molecule has 3 heterocycles. The topological polar surface area (TPSA) is 51.8 Å². The molecule has 0 radical (unpaired) electrons. The summed E-state index contributed by atoms with van der Waals surface area (Å²) in [6, 6.07) is 53.6. The van der Waals surface area contributed by atoms with Crippen molar-refractivity contribution >= 4 is 53.4 Å². The van der Waals surface area contributed by atoms with Crippen molar-refractivity contribution in [2.24, 2.45) is 0 Å². The maximum Gasteiger partial charge on any atom is 0.164 e. The molecule has 0 unspecified atom stereocenters. The first kappa shape index (κ1) is 29.3. The zero-order valence-electron chi connectivity index (χ0n) is 28.0. The number of thiophene rings is 1. The Morgan fingerprint density at radius 2 is 1.08 bits per heavy atom. The first-order valence-corrected chi connectivity index (χ1v) is 18.5. The van der Waals surface area contributed by atoms with Gasteiger partial charge in [-0.15, -0.1) is 11.3 Å². The summed E-state index contributed by atoms with van der Waals surface area (Å²) in [6.07, 6.45) is 2.08. The van der Waals surface area contributed by atoms with Gasteiger partial charge in [-0.3, -0.25) is 0 Å². The van der Waals surface area contributed by atoms with E-state index in [0.29, 0.717) is 17.5 Å². The molecule has 5 heteroatoms. The summed E-state index contributed by atoms with van der Waals surface area (Å²) in [7, 11) is 0.